The Hall–Kier alpha value is -0.410. The maximum atomic E-state index is 9.94. The average Bonchev–Trinajstić information content (AvgIpc) is 2.34. The van der Waals surface area contributed by atoms with Crippen molar-refractivity contribution in [1.82, 2.24) is 4.98 Å². The van der Waals surface area contributed by atoms with Gasteiger partial charge in [-0.1, -0.05) is 13.3 Å². The molecule has 1 aromatic heterocycles. The maximum absolute atomic E-state index is 9.94. The highest BCUT2D eigenvalue weighted by molar-refractivity contribution is 7.09. The van der Waals surface area contributed by atoms with Crippen LogP contribution in [0, 0.1) is 6.92 Å². The van der Waals surface area contributed by atoms with E-state index in [9.17, 15) is 5.11 Å². The van der Waals surface area contributed by atoms with E-state index in [1.165, 1.54) is 0 Å². The first-order valence-electron chi connectivity index (χ1n) is 4.67. The summed E-state index contributed by atoms with van der Waals surface area (Å²) >= 11 is 1.64. The van der Waals surface area contributed by atoms with Crippen molar-refractivity contribution in [2.24, 2.45) is 0 Å². The Balaban J connectivity index is 2.57. The van der Waals surface area contributed by atoms with E-state index >= 15 is 0 Å². The van der Waals surface area contributed by atoms with Gasteiger partial charge in [-0.15, -0.1) is 11.3 Å². The molecule has 2 nitrogen and oxygen atoms in total. The fraction of sp³-hybridized carbons (Fsp3) is 0.700. The van der Waals surface area contributed by atoms with Crippen molar-refractivity contribution in [3.8, 4) is 0 Å². The Morgan fingerprint density at radius 1 is 1.62 bits per heavy atom. The van der Waals surface area contributed by atoms with Gasteiger partial charge in [0, 0.05) is 11.8 Å². The lowest BCUT2D eigenvalue weighted by molar-refractivity contribution is 0.0497. The minimum atomic E-state index is -0.588. The van der Waals surface area contributed by atoms with Gasteiger partial charge in [0.25, 0.3) is 0 Å². The second kappa shape index (κ2) is 4.20. The fourth-order valence-corrected chi connectivity index (χ4v) is 2.12. The van der Waals surface area contributed by atoms with E-state index in [4.69, 9.17) is 0 Å². The summed E-state index contributed by atoms with van der Waals surface area (Å²) in [6.07, 6.45) is 2.52. The fourth-order valence-electron chi connectivity index (χ4n) is 1.51. The van der Waals surface area contributed by atoms with Crippen LogP contribution >= 0.6 is 11.3 Å². The summed E-state index contributed by atoms with van der Waals surface area (Å²) in [5, 5.41) is 13.0. The van der Waals surface area contributed by atoms with Gasteiger partial charge in [-0.25, -0.2) is 4.98 Å². The number of aliphatic hydroxyl groups is 1. The summed E-state index contributed by atoms with van der Waals surface area (Å²) in [5.74, 6) is 0. The molecule has 1 aromatic rings. The largest absolute Gasteiger partial charge is 0.390 e. The molecule has 0 aliphatic heterocycles. The third-order valence-corrected chi connectivity index (χ3v) is 2.84. The van der Waals surface area contributed by atoms with Gasteiger partial charge in [0.15, 0.2) is 0 Å². The standard InChI is InChI=1S/C10H17NOS/c1-4-5-10(3,12)6-9-7-13-8(2)11-9/h7,12H,4-6H2,1-3H3. The van der Waals surface area contributed by atoms with Crippen molar-refractivity contribution < 1.29 is 5.11 Å². The molecule has 0 fully saturated rings. The average molecular weight is 199 g/mol. The Bertz CT molecular complexity index is 268. The number of hydrogen-bond acceptors (Lipinski definition) is 3. The first-order valence-corrected chi connectivity index (χ1v) is 5.55. The van der Waals surface area contributed by atoms with Crippen molar-refractivity contribution in [2.45, 2.75) is 45.6 Å². The highest BCUT2D eigenvalue weighted by Gasteiger charge is 2.20. The Morgan fingerprint density at radius 3 is 2.77 bits per heavy atom. The van der Waals surface area contributed by atoms with E-state index in [0.29, 0.717) is 6.42 Å². The van der Waals surface area contributed by atoms with Gasteiger partial charge in [0.1, 0.15) is 0 Å². The van der Waals surface area contributed by atoms with Gasteiger partial charge in [-0.3, -0.25) is 0 Å². The molecule has 1 heterocycles. The lowest BCUT2D eigenvalue weighted by atomic mass is 9.95. The maximum Gasteiger partial charge on any atom is 0.0897 e. The third kappa shape index (κ3) is 3.44. The van der Waals surface area contributed by atoms with Crippen LogP contribution in [0.4, 0.5) is 0 Å². The molecule has 74 valence electrons. The molecule has 1 N–H and O–H groups in total. The van der Waals surface area contributed by atoms with Gasteiger partial charge in [0.05, 0.1) is 16.3 Å². The second-order valence-electron chi connectivity index (χ2n) is 3.78. The van der Waals surface area contributed by atoms with Crippen LogP contribution < -0.4 is 0 Å². The van der Waals surface area contributed by atoms with Gasteiger partial charge in [-0.05, 0) is 20.3 Å². The molecular formula is C10H17NOS. The normalized spacial score (nSPS) is 15.7. The predicted octanol–water partition coefficient (Wildman–Crippen LogP) is 2.55. The molecule has 0 radical (unpaired) electrons. The lowest BCUT2D eigenvalue weighted by Crippen LogP contribution is -2.26. The van der Waals surface area contributed by atoms with Crippen molar-refractivity contribution in [1.29, 1.82) is 0 Å². The molecule has 0 aromatic carbocycles. The summed E-state index contributed by atoms with van der Waals surface area (Å²) < 4.78 is 0. The SMILES string of the molecule is CCCC(C)(O)Cc1csc(C)n1. The van der Waals surface area contributed by atoms with Crippen LogP contribution in [0.1, 0.15) is 37.4 Å². The van der Waals surface area contributed by atoms with E-state index in [0.717, 1.165) is 23.5 Å². The zero-order valence-electron chi connectivity index (χ0n) is 8.50. The highest BCUT2D eigenvalue weighted by atomic mass is 32.1. The Kier molecular flexibility index (Phi) is 3.45. The van der Waals surface area contributed by atoms with Crippen molar-refractivity contribution in [3.63, 3.8) is 0 Å². The molecule has 0 saturated carbocycles. The quantitative estimate of drug-likeness (QED) is 0.808. The zero-order chi connectivity index (χ0) is 9.90. The number of nitrogens with zero attached hydrogens (tertiary/aromatic N) is 1. The van der Waals surface area contributed by atoms with Gasteiger partial charge in [0.2, 0.25) is 0 Å². The van der Waals surface area contributed by atoms with Gasteiger partial charge >= 0.3 is 0 Å². The number of thiazole rings is 1. The van der Waals surface area contributed by atoms with Crippen LogP contribution in [0.25, 0.3) is 0 Å². The van der Waals surface area contributed by atoms with Gasteiger partial charge < -0.3 is 5.11 Å². The first-order chi connectivity index (χ1) is 6.03. The molecule has 0 aliphatic rings. The third-order valence-electron chi connectivity index (χ3n) is 2.02. The van der Waals surface area contributed by atoms with Crippen LogP contribution in [0.2, 0.25) is 0 Å². The van der Waals surface area contributed by atoms with E-state index in [1.54, 1.807) is 11.3 Å². The van der Waals surface area contributed by atoms with Gasteiger partial charge in [-0.2, -0.15) is 0 Å². The number of aryl methyl sites for hydroxylation is 1. The highest BCUT2D eigenvalue weighted by Crippen LogP contribution is 2.19. The minimum absolute atomic E-state index is 0.588. The number of aromatic nitrogens is 1. The van der Waals surface area contributed by atoms with Crippen molar-refractivity contribution >= 4 is 11.3 Å². The van der Waals surface area contributed by atoms with Crippen LogP contribution in [0.5, 0.6) is 0 Å². The van der Waals surface area contributed by atoms with E-state index in [-0.39, 0.29) is 0 Å². The Labute approximate surface area is 83.6 Å². The molecule has 1 atom stereocenters. The monoisotopic (exact) mass is 199 g/mol. The van der Waals surface area contributed by atoms with E-state index in [1.807, 2.05) is 19.2 Å². The summed E-state index contributed by atoms with van der Waals surface area (Å²) in [5.41, 5.74) is 0.427. The smallest absolute Gasteiger partial charge is 0.0897 e. The van der Waals surface area contributed by atoms with E-state index in [2.05, 4.69) is 11.9 Å². The molecular weight excluding hydrogens is 182 g/mol. The zero-order valence-corrected chi connectivity index (χ0v) is 9.32. The molecule has 0 spiro atoms. The van der Waals surface area contributed by atoms with Crippen LogP contribution in [0.15, 0.2) is 5.38 Å². The summed E-state index contributed by atoms with van der Waals surface area (Å²) in [6.45, 7) is 5.95. The molecule has 13 heavy (non-hydrogen) atoms. The predicted molar refractivity (Wildman–Crippen MR) is 56.1 cm³/mol. The van der Waals surface area contributed by atoms with Crippen LogP contribution in [-0.2, 0) is 6.42 Å². The second-order valence-corrected chi connectivity index (χ2v) is 4.84. The summed E-state index contributed by atoms with van der Waals surface area (Å²) in [6, 6.07) is 0. The molecule has 0 aliphatic carbocycles. The molecule has 3 heteroatoms. The molecule has 0 saturated heterocycles. The summed E-state index contributed by atoms with van der Waals surface area (Å²) in [7, 11) is 0. The van der Waals surface area contributed by atoms with Crippen LogP contribution in [0.3, 0.4) is 0 Å². The van der Waals surface area contributed by atoms with Crippen molar-refractivity contribution in [2.75, 3.05) is 0 Å². The molecule has 0 amide bonds. The molecule has 1 rings (SSSR count). The number of hydrogen-bond donors (Lipinski definition) is 1. The summed E-state index contributed by atoms with van der Waals surface area (Å²) in [4.78, 5) is 4.34. The van der Waals surface area contributed by atoms with E-state index < -0.39 is 5.60 Å². The lowest BCUT2D eigenvalue weighted by Gasteiger charge is -2.21. The van der Waals surface area contributed by atoms with Crippen molar-refractivity contribution in [3.05, 3.63) is 16.1 Å². The number of rotatable bonds is 4. The minimum Gasteiger partial charge on any atom is -0.390 e. The topological polar surface area (TPSA) is 33.1 Å². The molecule has 1 unspecified atom stereocenters. The Morgan fingerprint density at radius 2 is 2.31 bits per heavy atom. The molecule has 0 bridgehead atoms. The van der Waals surface area contributed by atoms with Crippen LogP contribution in [-0.4, -0.2) is 15.7 Å². The first kappa shape index (κ1) is 10.7.